The Hall–Kier alpha value is -2.48. The van der Waals surface area contributed by atoms with Gasteiger partial charge in [-0.3, -0.25) is 4.98 Å². The van der Waals surface area contributed by atoms with E-state index in [4.69, 9.17) is 26.2 Å². The highest BCUT2D eigenvalue weighted by molar-refractivity contribution is 5.82. The number of nitrogens with two attached hydrogens (primary N) is 1. The van der Waals surface area contributed by atoms with Crippen molar-refractivity contribution in [2.24, 2.45) is 5.73 Å². The molecule has 0 aliphatic heterocycles. The zero-order valence-electron chi connectivity index (χ0n) is 10.5. The number of nitrogens with one attached hydrogen (secondary N) is 1. The maximum atomic E-state index is 12.0. The standard InChI is InChI=1S/C8H13N5O8/c9-4(15)12(1-2-14)13-6(17)10-5(16)11(7(13)18)3-8(19,20)21/h14,19-21H,1-3H2,(H2,9,15)(H,10,16,17). The number of urea groups is 1. The molecule has 0 aliphatic carbocycles. The Kier molecular flexibility index (Phi) is 4.64. The van der Waals surface area contributed by atoms with Gasteiger partial charge < -0.3 is 26.2 Å². The van der Waals surface area contributed by atoms with E-state index in [1.165, 1.54) is 0 Å². The summed E-state index contributed by atoms with van der Waals surface area (Å²) in [5.74, 6) is -3.41. The molecule has 0 fully saturated rings. The van der Waals surface area contributed by atoms with Crippen molar-refractivity contribution in [1.29, 1.82) is 0 Å². The second-order valence-corrected chi connectivity index (χ2v) is 3.88. The van der Waals surface area contributed by atoms with E-state index in [2.05, 4.69) is 0 Å². The molecule has 0 bridgehead atoms. The number of aromatic amines is 1. The van der Waals surface area contributed by atoms with Crippen LogP contribution in [0.5, 0.6) is 0 Å². The Balaban J connectivity index is 3.57. The van der Waals surface area contributed by atoms with Crippen molar-refractivity contribution in [3.05, 3.63) is 31.5 Å². The van der Waals surface area contributed by atoms with Crippen LogP contribution in [0, 0.1) is 0 Å². The lowest BCUT2D eigenvalue weighted by molar-refractivity contribution is -0.319. The lowest BCUT2D eigenvalue weighted by Crippen LogP contribution is -2.62. The lowest BCUT2D eigenvalue weighted by Gasteiger charge is -2.21. The first kappa shape index (κ1) is 16.6. The third-order valence-corrected chi connectivity index (χ3v) is 2.24. The van der Waals surface area contributed by atoms with Crippen LogP contribution in [0.3, 0.4) is 0 Å². The van der Waals surface area contributed by atoms with Gasteiger partial charge in [0.1, 0.15) is 6.54 Å². The van der Waals surface area contributed by atoms with Gasteiger partial charge in [-0.25, -0.2) is 28.8 Å². The zero-order chi connectivity index (χ0) is 16.4. The van der Waals surface area contributed by atoms with Crippen LogP contribution in [0.2, 0.25) is 0 Å². The molecular weight excluding hydrogens is 294 g/mol. The van der Waals surface area contributed by atoms with Gasteiger partial charge in [0, 0.05) is 0 Å². The maximum absolute atomic E-state index is 12.0. The van der Waals surface area contributed by atoms with Gasteiger partial charge in [0.25, 0.3) is 5.97 Å². The Morgan fingerprint density at radius 2 is 1.81 bits per heavy atom. The molecule has 0 saturated carbocycles. The molecule has 0 radical (unpaired) electrons. The molecule has 118 valence electrons. The molecule has 2 amide bonds. The number of nitrogens with zero attached hydrogens (tertiary/aromatic N) is 3. The number of aliphatic hydroxyl groups is 4. The zero-order valence-corrected chi connectivity index (χ0v) is 10.5. The monoisotopic (exact) mass is 307 g/mol. The predicted octanol–water partition coefficient (Wildman–Crippen LogP) is -5.66. The molecule has 0 spiro atoms. The number of hydrogen-bond donors (Lipinski definition) is 6. The highest BCUT2D eigenvalue weighted by atomic mass is 16.7. The van der Waals surface area contributed by atoms with Gasteiger partial charge in [-0.1, -0.05) is 0 Å². The third-order valence-electron chi connectivity index (χ3n) is 2.24. The van der Waals surface area contributed by atoms with Crippen LogP contribution < -0.4 is 27.8 Å². The van der Waals surface area contributed by atoms with Crippen LogP contribution in [-0.4, -0.2) is 59.8 Å². The first-order chi connectivity index (χ1) is 9.58. The molecule has 0 unspecified atom stereocenters. The van der Waals surface area contributed by atoms with E-state index in [-0.39, 0.29) is 9.24 Å². The summed E-state index contributed by atoms with van der Waals surface area (Å²) in [5.41, 5.74) is 0.771. The molecular formula is C8H13N5O8. The fourth-order valence-electron chi connectivity index (χ4n) is 1.47. The first-order valence-corrected chi connectivity index (χ1v) is 5.40. The van der Waals surface area contributed by atoms with Gasteiger partial charge in [-0.05, 0) is 0 Å². The van der Waals surface area contributed by atoms with E-state index in [0.29, 0.717) is 5.01 Å². The van der Waals surface area contributed by atoms with Crippen LogP contribution in [0.4, 0.5) is 4.79 Å². The molecule has 1 rings (SSSR count). The normalized spacial score (nSPS) is 11.4. The molecule has 1 aromatic rings. The minimum Gasteiger partial charge on any atom is -0.394 e. The van der Waals surface area contributed by atoms with E-state index in [0.717, 1.165) is 0 Å². The third kappa shape index (κ3) is 3.76. The van der Waals surface area contributed by atoms with Crippen molar-refractivity contribution < 1.29 is 25.2 Å². The molecule has 7 N–H and O–H groups in total. The van der Waals surface area contributed by atoms with Crippen molar-refractivity contribution >= 4 is 6.03 Å². The van der Waals surface area contributed by atoms with E-state index >= 15 is 0 Å². The number of amides is 2. The topological polar surface area (TPSA) is 204 Å². The summed E-state index contributed by atoms with van der Waals surface area (Å²) in [6, 6.07) is -1.29. The van der Waals surface area contributed by atoms with Crippen molar-refractivity contribution in [1.82, 2.24) is 14.2 Å². The Morgan fingerprint density at radius 3 is 2.24 bits per heavy atom. The smallest absolute Gasteiger partial charge is 0.356 e. The maximum Gasteiger partial charge on any atom is 0.356 e. The van der Waals surface area contributed by atoms with Crippen LogP contribution in [-0.2, 0) is 6.54 Å². The van der Waals surface area contributed by atoms with Crippen molar-refractivity contribution in [3.8, 4) is 0 Å². The predicted molar refractivity (Wildman–Crippen MR) is 64.7 cm³/mol. The quantitative estimate of drug-likeness (QED) is 0.288. The van der Waals surface area contributed by atoms with Gasteiger partial charge >= 0.3 is 23.1 Å². The first-order valence-electron chi connectivity index (χ1n) is 5.40. The summed E-state index contributed by atoms with van der Waals surface area (Å²) < 4.78 is 0.125. The van der Waals surface area contributed by atoms with E-state index in [1.807, 2.05) is 0 Å². The lowest BCUT2D eigenvalue weighted by atomic mass is 10.5. The van der Waals surface area contributed by atoms with E-state index in [1.54, 1.807) is 4.98 Å². The number of carbonyl (C=O) groups is 1. The summed E-state index contributed by atoms with van der Waals surface area (Å²) in [6.07, 6.45) is 0. The van der Waals surface area contributed by atoms with Gasteiger partial charge in [-0.2, -0.15) is 0 Å². The second-order valence-electron chi connectivity index (χ2n) is 3.88. The number of H-pyrrole nitrogens is 1. The summed E-state index contributed by atoms with van der Waals surface area (Å²) in [5, 5.41) is 35.5. The number of aromatic nitrogens is 3. The number of hydrogen-bond acceptors (Lipinski definition) is 8. The molecule has 0 saturated heterocycles. The summed E-state index contributed by atoms with van der Waals surface area (Å²) >= 11 is 0. The molecule has 21 heavy (non-hydrogen) atoms. The molecule has 1 heterocycles. The molecule has 0 atom stereocenters. The summed E-state index contributed by atoms with van der Waals surface area (Å²) in [6.45, 7) is -2.50. The second kappa shape index (κ2) is 5.88. The molecule has 0 aromatic carbocycles. The number of primary amides is 1. The highest BCUT2D eigenvalue weighted by Gasteiger charge is 2.25. The van der Waals surface area contributed by atoms with E-state index in [9.17, 15) is 19.2 Å². The average Bonchev–Trinajstić information content (AvgIpc) is 2.32. The number of rotatable bonds is 5. The SMILES string of the molecule is NC(=O)N(CCO)n1c(=O)[nH]c(=O)n(CC(O)(O)O)c1=O. The Labute approximate surface area is 114 Å². The molecule has 1 aromatic heterocycles. The highest BCUT2D eigenvalue weighted by Crippen LogP contribution is 1.93. The van der Waals surface area contributed by atoms with E-state index < -0.39 is 48.8 Å². The minimum absolute atomic E-state index is 0.0503. The fraction of sp³-hybridized carbons (Fsp3) is 0.500. The van der Waals surface area contributed by atoms with Crippen molar-refractivity contribution in [2.75, 3.05) is 18.2 Å². The molecule has 13 nitrogen and oxygen atoms in total. The van der Waals surface area contributed by atoms with Crippen molar-refractivity contribution in [2.45, 2.75) is 12.5 Å². The fourth-order valence-corrected chi connectivity index (χ4v) is 1.47. The Morgan fingerprint density at radius 1 is 1.24 bits per heavy atom. The molecule has 0 aliphatic rings. The van der Waals surface area contributed by atoms with Crippen molar-refractivity contribution in [3.63, 3.8) is 0 Å². The van der Waals surface area contributed by atoms with Gasteiger partial charge in [0.15, 0.2) is 0 Å². The average molecular weight is 307 g/mol. The summed E-state index contributed by atoms with van der Waals surface area (Å²) in [4.78, 5) is 47.7. The van der Waals surface area contributed by atoms with Crippen LogP contribution >= 0.6 is 0 Å². The molecule has 13 heteroatoms. The van der Waals surface area contributed by atoms with Gasteiger partial charge in [0.2, 0.25) is 0 Å². The van der Waals surface area contributed by atoms with Crippen LogP contribution in [0.15, 0.2) is 14.4 Å². The minimum atomic E-state index is -3.41. The van der Waals surface area contributed by atoms with Crippen LogP contribution in [0.25, 0.3) is 0 Å². The number of carbonyl (C=O) groups excluding carboxylic acids is 1. The number of aliphatic hydroxyl groups excluding tert-OH is 1. The van der Waals surface area contributed by atoms with Gasteiger partial charge in [0.05, 0.1) is 13.2 Å². The summed E-state index contributed by atoms with van der Waals surface area (Å²) in [7, 11) is 0. The Bertz CT molecular complexity index is 694. The van der Waals surface area contributed by atoms with Gasteiger partial charge in [-0.15, -0.1) is 4.68 Å². The largest absolute Gasteiger partial charge is 0.394 e. The van der Waals surface area contributed by atoms with Crippen LogP contribution in [0.1, 0.15) is 0 Å².